The molecule has 0 radical (unpaired) electrons. The zero-order chi connectivity index (χ0) is 12.3. The van der Waals surface area contributed by atoms with Crippen molar-refractivity contribution in [3.63, 3.8) is 0 Å². The molecule has 0 amide bonds. The lowest BCUT2D eigenvalue weighted by atomic mass is 10.0. The SMILES string of the molecule is CC(C)CCc1onc(N)c1-c1cccnc1. The van der Waals surface area contributed by atoms with Crippen LogP contribution in [0.4, 0.5) is 5.82 Å². The smallest absolute Gasteiger partial charge is 0.175 e. The van der Waals surface area contributed by atoms with E-state index in [0.717, 1.165) is 29.7 Å². The molecule has 0 saturated heterocycles. The number of nitrogens with two attached hydrogens (primary N) is 1. The van der Waals surface area contributed by atoms with Gasteiger partial charge in [-0.1, -0.05) is 25.1 Å². The summed E-state index contributed by atoms with van der Waals surface area (Å²) in [4.78, 5) is 4.09. The normalized spacial score (nSPS) is 11.0. The van der Waals surface area contributed by atoms with Gasteiger partial charge in [0.1, 0.15) is 5.76 Å². The molecule has 2 aromatic heterocycles. The van der Waals surface area contributed by atoms with E-state index in [-0.39, 0.29) is 0 Å². The van der Waals surface area contributed by atoms with Gasteiger partial charge in [0.25, 0.3) is 0 Å². The maximum atomic E-state index is 5.85. The molecule has 2 heterocycles. The van der Waals surface area contributed by atoms with Crippen molar-refractivity contribution in [3.05, 3.63) is 30.3 Å². The first-order chi connectivity index (χ1) is 8.18. The molecular formula is C13H17N3O. The van der Waals surface area contributed by atoms with Crippen LogP contribution in [0.2, 0.25) is 0 Å². The number of pyridine rings is 1. The molecule has 2 aromatic rings. The third-order valence-electron chi connectivity index (χ3n) is 2.69. The molecule has 90 valence electrons. The Morgan fingerprint density at radius 1 is 1.41 bits per heavy atom. The summed E-state index contributed by atoms with van der Waals surface area (Å²) < 4.78 is 5.30. The van der Waals surface area contributed by atoms with Crippen LogP contribution in [-0.4, -0.2) is 10.1 Å². The van der Waals surface area contributed by atoms with Crippen molar-refractivity contribution in [2.24, 2.45) is 5.92 Å². The van der Waals surface area contributed by atoms with Crippen molar-refractivity contribution in [3.8, 4) is 11.1 Å². The maximum Gasteiger partial charge on any atom is 0.175 e. The lowest BCUT2D eigenvalue weighted by molar-refractivity contribution is 0.376. The summed E-state index contributed by atoms with van der Waals surface area (Å²) in [5, 5.41) is 3.85. The fourth-order valence-electron chi connectivity index (χ4n) is 1.75. The van der Waals surface area contributed by atoms with E-state index in [1.807, 2.05) is 12.1 Å². The standard InChI is InChI=1S/C13H17N3O/c1-9(2)5-6-11-12(13(14)16-17-11)10-4-3-7-15-8-10/h3-4,7-9H,5-6H2,1-2H3,(H2,14,16). The third kappa shape index (κ3) is 2.64. The van der Waals surface area contributed by atoms with Crippen LogP contribution in [0.3, 0.4) is 0 Å². The Kier molecular flexibility index (Phi) is 3.42. The Balaban J connectivity index is 2.30. The summed E-state index contributed by atoms with van der Waals surface area (Å²) in [7, 11) is 0. The molecule has 4 heteroatoms. The number of nitrogen functional groups attached to an aromatic ring is 1. The highest BCUT2D eigenvalue weighted by atomic mass is 16.5. The summed E-state index contributed by atoms with van der Waals surface area (Å²) >= 11 is 0. The highest BCUT2D eigenvalue weighted by Crippen LogP contribution is 2.30. The van der Waals surface area contributed by atoms with E-state index in [0.29, 0.717) is 11.7 Å². The molecule has 0 aliphatic carbocycles. The minimum atomic E-state index is 0.441. The molecule has 0 unspecified atom stereocenters. The summed E-state index contributed by atoms with van der Waals surface area (Å²) in [6, 6.07) is 3.85. The fraction of sp³-hybridized carbons (Fsp3) is 0.385. The molecular weight excluding hydrogens is 214 g/mol. The number of hydrogen-bond acceptors (Lipinski definition) is 4. The number of aromatic nitrogens is 2. The van der Waals surface area contributed by atoms with Crippen LogP contribution in [0.15, 0.2) is 29.0 Å². The van der Waals surface area contributed by atoms with Gasteiger partial charge in [0.2, 0.25) is 0 Å². The molecule has 0 bridgehead atoms. The van der Waals surface area contributed by atoms with E-state index in [4.69, 9.17) is 10.3 Å². The lowest BCUT2D eigenvalue weighted by Crippen LogP contribution is -1.94. The van der Waals surface area contributed by atoms with Crippen molar-refractivity contribution in [2.45, 2.75) is 26.7 Å². The third-order valence-corrected chi connectivity index (χ3v) is 2.69. The zero-order valence-electron chi connectivity index (χ0n) is 10.2. The first-order valence-electron chi connectivity index (χ1n) is 5.83. The van der Waals surface area contributed by atoms with Gasteiger partial charge in [-0.15, -0.1) is 0 Å². The van der Waals surface area contributed by atoms with Gasteiger partial charge in [-0.2, -0.15) is 0 Å². The van der Waals surface area contributed by atoms with Gasteiger partial charge >= 0.3 is 0 Å². The van der Waals surface area contributed by atoms with Gasteiger partial charge in [-0.3, -0.25) is 4.98 Å². The molecule has 0 fully saturated rings. The number of rotatable bonds is 4. The second-order valence-corrected chi connectivity index (χ2v) is 4.54. The van der Waals surface area contributed by atoms with Crippen LogP contribution in [0.5, 0.6) is 0 Å². The van der Waals surface area contributed by atoms with Crippen LogP contribution < -0.4 is 5.73 Å². The monoisotopic (exact) mass is 231 g/mol. The van der Waals surface area contributed by atoms with Gasteiger partial charge in [0.15, 0.2) is 5.82 Å². The second-order valence-electron chi connectivity index (χ2n) is 4.54. The van der Waals surface area contributed by atoms with Crippen molar-refractivity contribution in [1.29, 1.82) is 0 Å². The van der Waals surface area contributed by atoms with Gasteiger partial charge in [-0.25, -0.2) is 0 Å². The quantitative estimate of drug-likeness (QED) is 0.878. The Hall–Kier alpha value is -1.84. The largest absolute Gasteiger partial charge is 0.380 e. The van der Waals surface area contributed by atoms with E-state index >= 15 is 0 Å². The molecule has 17 heavy (non-hydrogen) atoms. The van der Waals surface area contributed by atoms with Crippen molar-refractivity contribution in [2.75, 3.05) is 5.73 Å². The van der Waals surface area contributed by atoms with E-state index < -0.39 is 0 Å². The Bertz CT molecular complexity index is 477. The van der Waals surface area contributed by atoms with E-state index in [2.05, 4.69) is 24.0 Å². The number of aryl methyl sites for hydroxylation is 1. The molecule has 0 atom stereocenters. The predicted octanol–water partition coefficient (Wildman–Crippen LogP) is 2.91. The molecule has 2 N–H and O–H groups in total. The topological polar surface area (TPSA) is 64.9 Å². The Labute approximate surface area is 101 Å². The molecule has 4 nitrogen and oxygen atoms in total. The van der Waals surface area contributed by atoms with Crippen LogP contribution in [0.25, 0.3) is 11.1 Å². The van der Waals surface area contributed by atoms with Crippen LogP contribution in [0, 0.1) is 5.92 Å². The number of hydrogen-bond donors (Lipinski definition) is 1. The zero-order valence-corrected chi connectivity index (χ0v) is 10.2. The first kappa shape index (κ1) is 11.6. The van der Waals surface area contributed by atoms with Crippen LogP contribution in [0.1, 0.15) is 26.0 Å². The minimum Gasteiger partial charge on any atom is -0.380 e. The molecule has 0 aliphatic heterocycles. The first-order valence-corrected chi connectivity index (χ1v) is 5.83. The van der Waals surface area contributed by atoms with E-state index in [1.165, 1.54) is 0 Å². The molecule has 2 rings (SSSR count). The van der Waals surface area contributed by atoms with Crippen molar-refractivity contribution in [1.82, 2.24) is 10.1 Å². The second kappa shape index (κ2) is 4.99. The molecule has 0 aliphatic rings. The summed E-state index contributed by atoms with van der Waals surface area (Å²) in [6.45, 7) is 4.37. The fourth-order valence-corrected chi connectivity index (χ4v) is 1.75. The molecule has 0 spiro atoms. The molecule has 0 saturated carbocycles. The van der Waals surface area contributed by atoms with Crippen LogP contribution in [-0.2, 0) is 6.42 Å². The van der Waals surface area contributed by atoms with E-state index in [9.17, 15) is 0 Å². The predicted molar refractivity (Wildman–Crippen MR) is 67.3 cm³/mol. The highest BCUT2D eigenvalue weighted by molar-refractivity contribution is 5.74. The van der Waals surface area contributed by atoms with Crippen LogP contribution >= 0.6 is 0 Å². The van der Waals surface area contributed by atoms with E-state index in [1.54, 1.807) is 12.4 Å². The Morgan fingerprint density at radius 3 is 2.88 bits per heavy atom. The number of nitrogens with zero attached hydrogens (tertiary/aromatic N) is 2. The maximum absolute atomic E-state index is 5.85. The van der Waals surface area contributed by atoms with Gasteiger partial charge < -0.3 is 10.3 Å². The summed E-state index contributed by atoms with van der Waals surface area (Å²) in [5.74, 6) is 1.92. The van der Waals surface area contributed by atoms with Gasteiger partial charge in [-0.05, 0) is 18.4 Å². The van der Waals surface area contributed by atoms with Crippen molar-refractivity contribution < 1.29 is 4.52 Å². The summed E-state index contributed by atoms with van der Waals surface area (Å²) in [6.07, 6.45) is 5.43. The average Bonchev–Trinajstić information content (AvgIpc) is 2.69. The van der Waals surface area contributed by atoms with Gasteiger partial charge in [0.05, 0.1) is 5.56 Å². The highest BCUT2D eigenvalue weighted by Gasteiger charge is 2.15. The van der Waals surface area contributed by atoms with Crippen molar-refractivity contribution >= 4 is 5.82 Å². The van der Waals surface area contributed by atoms with Gasteiger partial charge in [0, 0.05) is 24.4 Å². The lowest BCUT2D eigenvalue weighted by Gasteiger charge is -2.04. The number of anilines is 1. The minimum absolute atomic E-state index is 0.441. The Morgan fingerprint density at radius 2 is 2.24 bits per heavy atom. The average molecular weight is 231 g/mol. The summed E-state index contributed by atoms with van der Waals surface area (Å²) in [5.41, 5.74) is 7.70. The molecule has 0 aromatic carbocycles.